The number of morpholine rings is 1. The number of amides is 3. The molecule has 0 aromatic heterocycles. The molecule has 0 aliphatic carbocycles. The fraction of sp³-hybridized carbons (Fsp3) is 0.641. The maximum atomic E-state index is 14.7. The van der Waals surface area contributed by atoms with E-state index in [-0.39, 0.29) is 30.7 Å². The van der Waals surface area contributed by atoms with Crippen LogP contribution in [0.4, 0.5) is 0 Å². The van der Waals surface area contributed by atoms with Crippen molar-refractivity contribution in [3.05, 3.63) is 61.2 Å². The van der Waals surface area contributed by atoms with Crippen LogP contribution in [0.25, 0.3) is 0 Å². The number of fused-ring (bicyclic) bond motifs is 1. The van der Waals surface area contributed by atoms with E-state index in [1.165, 1.54) is 0 Å². The van der Waals surface area contributed by atoms with E-state index in [1.807, 2.05) is 30.3 Å². The number of unbranched alkanes of at least 4 members (excludes halogenated alkanes) is 3. The zero-order valence-electron chi connectivity index (χ0n) is 30.1. The summed E-state index contributed by atoms with van der Waals surface area (Å²) in [5.41, 5.74) is -0.435. The first kappa shape index (κ1) is 38.6. The second-order valence-electron chi connectivity index (χ2n) is 14.2. The second-order valence-corrected chi connectivity index (χ2v) is 14.2. The van der Waals surface area contributed by atoms with E-state index in [4.69, 9.17) is 14.2 Å². The van der Waals surface area contributed by atoms with Gasteiger partial charge in [0.25, 0.3) is 0 Å². The molecule has 7 atom stereocenters. The van der Waals surface area contributed by atoms with Crippen LogP contribution in [0.5, 0.6) is 0 Å². The predicted molar refractivity (Wildman–Crippen MR) is 191 cm³/mol. The van der Waals surface area contributed by atoms with Crippen LogP contribution in [-0.2, 0) is 33.4 Å². The van der Waals surface area contributed by atoms with Crippen molar-refractivity contribution in [2.45, 2.75) is 88.2 Å². The number of benzene rings is 1. The van der Waals surface area contributed by atoms with E-state index in [9.17, 15) is 24.3 Å². The number of hydrogen-bond acceptors (Lipinski definition) is 9. The summed E-state index contributed by atoms with van der Waals surface area (Å²) in [4.78, 5) is 62.0. The molecular formula is C39H56N4O8. The molecule has 4 heterocycles. The third-order valence-corrected chi connectivity index (χ3v) is 10.9. The van der Waals surface area contributed by atoms with Gasteiger partial charge in [-0.2, -0.15) is 0 Å². The first-order valence-electron chi connectivity index (χ1n) is 18.7. The number of ether oxygens (including phenoxy) is 3. The zero-order chi connectivity index (χ0) is 36.4. The Bertz CT molecular complexity index is 1370. The molecular weight excluding hydrogens is 652 g/mol. The SMILES string of the molecule is C=CCCC(=O)N[C@H](C)[C@@H](OC(=O)[C@@H]1[C@H]2C(=O)N(CCCCCCO)[C@H](C(=O)N(CC=C)CCN3CCOCC3)[C@]23CC[C@H]1O3)c1ccccc1. The molecule has 2 N–H and O–H groups in total. The summed E-state index contributed by atoms with van der Waals surface area (Å²) in [6.07, 6.45) is 6.75. The molecule has 1 aromatic rings. The molecule has 1 aromatic carbocycles. The van der Waals surface area contributed by atoms with E-state index in [2.05, 4.69) is 23.4 Å². The van der Waals surface area contributed by atoms with Crippen LogP contribution in [0.1, 0.15) is 70.0 Å². The number of hydrogen-bond donors (Lipinski definition) is 2. The van der Waals surface area contributed by atoms with Crippen molar-refractivity contribution in [1.29, 1.82) is 0 Å². The maximum Gasteiger partial charge on any atom is 0.313 e. The normalized spacial score (nSPS) is 26.7. The lowest BCUT2D eigenvalue weighted by Gasteiger charge is -2.37. The van der Waals surface area contributed by atoms with Crippen molar-refractivity contribution in [2.75, 3.05) is 59.1 Å². The molecule has 3 amide bonds. The first-order chi connectivity index (χ1) is 24.7. The molecule has 5 rings (SSSR count). The molecule has 51 heavy (non-hydrogen) atoms. The Labute approximate surface area is 302 Å². The number of esters is 1. The smallest absolute Gasteiger partial charge is 0.313 e. The number of aliphatic hydroxyl groups is 1. The lowest BCUT2D eigenvalue weighted by molar-refractivity contribution is -0.162. The minimum absolute atomic E-state index is 0.106. The van der Waals surface area contributed by atoms with Gasteiger partial charge >= 0.3 is 5.97 Å². The Morgan fingerprint density at radius 1 is 1.10 bits per heavy atom. The van der Waals surface area contributed by atoms with Crippen molar-refractivity contribution < 1.29 is 38.5 Å². The van der Waals surface area contributed by atoms with Crippen LogP contribution in [-0.4, -0.2) is 126 Å². The first-order valence-corrected chi connectivity index (χ1v) is 18.7. The molecule has 12 heteroatoms. The summed E-state index contributed by atoms with van der Waals surface area (Å²) < 4.78 is 18.5. The minimum atomic E-state index is -1.15. The van der Waals surface area contributed by atoms with Gasteiger partial charge in [-0.3, -0.25) is 24.1 Å². The number of nitrogens with one attached hydrogen (secondary N) is 1. The number of carbonyl (C=O) groups excluding carboxylic acids is 4. The Morgan fingerprint density at radius 2 is 1.84 bits per heavy atom. The lowest BCUT2D eigenvalue weighted by atomic mass is 9.70. The van der Waals surface area contributed by atoms with Crippen molar-refractivity contribution in [2.24, 2.45) is 11.8 Å². The van der Waals surface area contributed by atoms with Gasteiger partial charge < -0.3 is 34.4 Å². The highest BCUT2D eigenvalue weighted by atomic mass is 16.6. The van der Waals surface area contributed by atoms with E-state index in [0.717, 1.165) is 31.5 Å². The number of carbonyl (C=O) groups is 4. The molecule has 0 radical (unpaired) electrons. The summed E-state index contributed by atoms with van der Waals surface area (Å²) in [6, 6.07) is 7.83. The van der Waals surface area contributed by atoms with Crippen LogP contribution in [0.2, 0.25) is 0 Å². The molecule has 4 fully saturated rings. The number of allylic oxidation sites excluding steroid dienone is 1. The van der Waals surface area contributed by atoms with Gasteiger partial charge in [-0.05, 0) is 44.6 Å². The van der Waals surface area contributed by atoms with Gasteiger partial charge in [-0.25, -0.2) is 0 Å². The summed E-state index contributed by atoms with van der Waals surface area (Å²) in [6.45, 7) is 14.2. The van der Waals surface area contributed by atoms with Crippen molar-refractivity contribution in [3.63, 3.8) is 0 Å². The predicted octanol–water partition coefficient (Wildman–Crippen LogP) is 3.02. The van der Waals surface area contributed by atoms with Crippen molar-refractivity contribution in [1.82, 2.24) is 20.0 Å². The average Bonchev–Trinajstić information content (AvgIpc) is 3.79. The van der Waals surface area contributed by atoms with Crippen LogP contribution in [0.3, 0.4) is 0 Å². The van der Waals surface area contributed by atoms with Gasteiger partial charge in [0.05, 0.1) is 37.2 Å². The van der Waals surface area contributed by atoms with Gasteiger partial charge in [0, 0.05) is 52.3 Å². The van der Waals surface area contributed by atoms with Crippen LogP contribution in [0, 0.1) is 11.8 Å². The number of nitrogens with zero attached hydrogens (tertiary/aromatic N) is 3. The van der Waals surface area contributed by atoms with Gasteiger partial charge in [-0.1, -0.05) is 55.3 Å². The highest BCUT2D eigenvalue weighted by Crippen LogP contribution is 2.59. The quantitative estimate of drug-likeness (QED) is 0.119. The third-order valence-electron chi connectivity index (χ3n) is 10.9. The highest BCUT2D eigenvalue weighted by molar-refractivity contribution is 5.98. The van der Waals surface area contributed by atoms with Crippen LogP contribution in [0.15, 0.2) is 55.6 Å². The number of likely N-dealkylation sites (tertiary alicyclic amines) is 1. The number of aliphatic hydroxyl groups excluding tert-OH is 1. The molecule has 280 valence electrons. The van der Waals surface area contributed by atoms with Crippen molar-refractivity contribution in [3.8, 4) is 0 Å². The van der Waals surface area contributed by atoms with Gasteiger partial charge in [0.2, 0.25) is 17.7 Å². The Kier molecular flexibility index (Phi) is 13.8. The standard InChI is InChI=1S/C39H56N4O8/c1-4-6-16-31(45)40-28(3)34(29-14-10-9-11-15-29)50-38(48)32-30-17-18-39(51-30)33(32)36(46)43(20-12-7-8-13-25-44)35(39)37(47)42(19-5-2)22-21-41-23-26-49-27-24-41/h4-5,9-11,14-15,28,30,32-35,44H,1-2,6-8,12-13,16-27H2,3H3,(H,40,45)/t28-,30-,32+,33+,34-,35-,39+/m1/s1. The fourth-order valence-corrected chi connectivity index (χ4v) is 8.34. The Balaban J connectivity index is 1.40. The van der Waals surface area contributed by atoms with Gasteiger partial charge in [0.1, 0.15) is 17.7 Å². The van der Waals surface area contributed by atoms with E-state index < -0.39 is 47.7 Å². The fourth-order valence-electron chi connectivity index (χ4n) is 8.34. The monoisotopic (exact) mass is 708 g/mol. The van der Waals surface area contributed by atoms with E-state index in [0.29, 0.717) is 71.5 Å². The topological polar surface area (TPSA) is 138 Å². The molecule has 2 bridgehead atoms. The molecule has 0 saturated carbocycles. The average molecular weight is 709 g/mol. The largest absolute Gasteiger partial charge is 0.455 e. The summed E-state index contributed by atoms with van der Waals surface area (Å²) in [5.74, 6) is -2.95. The third kappa shape index (κ3) is 8.73. The van der Waals surface area contributed by atoms with Gasteiger partial charge in [0.15, 0.2) is 0 Å². The van der Waals surface area contributed by atoms with E-state index >= 15 is 0 Å². The Hall–Kier alpha value is -3.58. The second kappa shape index (κ2) is 18.3. The lowest BCUT2D eigenvalue weighted by Crippen LogP contribution is -2.57. The molecule has 4 aliphatic heterocycles. The zero-order valence-corrected chi connectivity index (χ0v) is 30.1. The van der Waals surface area contributed by atoms with Gasteiger partial charge in [-0.15, -0.1) is 13.2 Å². The summed E-state index contributed by atoms with van der Waals surface area (Å²) in [5, 5.41) is 12.2. The minimum Gasteiger partial charge on any atom is -0.455 e. The Morgan fingerprint density at radius 3 is 2.55 bits per heavy atom. The maximum absolute atomic E-state index is 14.7. The molecule has 12 nitrogen and oxygen atoms in total. The van der Waals surface area contributed by atoms with Crippen LogP contribution < -0.4 is 5.32 Å². The highest BCUT2D eigenvalue weighted by Gasteiger charge is 2.75. The molecule has 4 saturated heterocycles. The van der Waals surface area contributed by atoms with E-state index in [1.54, 1.807) is 28.9 Å². The summed E-state index contributed by atoms with van der Waals surface area (Å²) >= 11 is 0. The van der Waals surface area contributed by atoms with Crippen molar-refractivity contribution >= 4 is 23.7 Å². The number of rotatable bonds is 20. The van der Waals surface area contributed by atoms with Crippen LogP contribution >= 0.6 is 0 Å². The summed E-state index contributed by atoms with van der Waals surface area (Å²) in [7, 11) is 0. The molecule has 0 unspecified atom stereocenters. The molecule has 1 spiro atoms. The molecule has 4 aliphatic rings.